The topological polar surface area (TPSA) is 15.3 Å². The van der Waals surface area contributed by atoms with Gasteiger partial charge in [0.25, 0.3) is 0 Å². The van der Waals surface area contributed by atoms with E-state index in [9.17, 15) is 0 Å². The van der Waals surface area contributed by atoms with Gasteiger partial charge in [0.1, 0.15) is 0 Å². The summed E-state index contributed by atoms with van der Waals surface area (Å²) in [6, 6.07) is 18.8. The fourth-order valence-corrected chi connectivity index (χ4v) is 3.59. The molecule has 0 saturated heterocycles. The van der Waals surface area contributed by atoms with Gasteiger partial charge < -0.3 is 5.32 Å². The minimum atomic E-state index is 0.530. The van der Waals surface area contributed by atoms with E-state index in [0.717, 1.165) is 25.9 Å². The maximum atomic E-state index is 3.44. The molecule has 0 aromatic heterocycles. The van der Waals surface area contributed by atoms with Gasteiger partial charge in [-0.15, -0.1) is 0 Å². The third-order valence-corrected chi connectivity index (χ3v) is 4.85. The van der Waals surface area contributed by atoms with Crippen LogP contribution in [-0.4, -0.2) is 23.5 Å². The molecule has 0 saturated carbocycles. The molecule has 0 bridgehead atoms. The molecule has 23 heavy (non-hydrogen) atoms. The second-order valence-electron chi connectivity index (χ2n) is 6.97. The maximum Gasteiger partial charge on any atom is 0.0373 e. The molecule has 2 nitrogen and oxygen atoms in total. The number of hydrogen-bond donors (Lipinski definition) is 1. The Hall–Kier alpha value is -1.80. The summed E-state index contributed by atoms with van der Waals surface area (Å²) in [7, 11) is 0. The van der Waals surface area contributed by atoms with Gasteiger partial charge in [-0.3, -0.25) is 4.90 Å². The molecule has 3 rings (SSSR count). The standard InChI is InChI=1S/C21H28N2/c1-16(2)23(15-18-7-5-4-6-8-18)17(3)13-19-9-10-21-20(14-19)11-12-22-21/h4-10,14,16-17,22H,11-13,15H2,1-3H3. The Morgan fingerprint density at radius 3 is 2.52 bits per heavy atom. The molecule has 1 aliphatic rings. The Balaban J connectivity index is 1.70. The smallest absolute Gasteiger partial charge is 0.0373 e. The van der Waals surface area contributed by atoms with Gasteiger partial charge in [-0.1, -0.05) is 42.5 Å². The molecular formula is C21H28N2. The third-order valence-electron chi connectivity index (χ3n) is 4.85. The van der Waals surface area contributed by atoms with E-state index < -0.39 is 0 Å². The van der Waals surface area contributed by atoms with Crippen molar-refractivity contribution in [2.24, 2.45) is 0 Å². The van der Waals surface area contributed by atoms with E-state index in [2.05, 4.69) is 79.5 Å². The monoisotopic (exact) mass is 308 g/mol. The first kappa shape index (κ1) is 16.1. The fraction of sp³-hybridized carbons (Fsp3) is 0.429. The molecule has 0 aliphatic carbocycles. The summed E-state index contributed by atoms with van der Waals surface area (Å²) in [5.74, 6) is 0. The Labute approximate surface area is 140 Å². The van der Waals surface area contributed by atoms with Crippen molar-refractivity contribution in [3.63, 3.8) is 0 Å². The van der Waals surface area contributed by atoms with Crippen LogP contribution in [0.2, 0.25) is 0 Å². The van der Waals surface area contributed by atoms with Crippen molar-refractivity contribution in [3.8, 4) is 0 Å². The summed E-state index contributed by atoms with van der Waals surface area (Å²) in [6.45, 7) is 9.05. The van der Waals surface area contributed by atoms with E-state index >= 15 is 0 Å². The average Bonchev–Trinajstić information content (AvgIpc) is 3.01. The van der Waals surface area contributed by atoms with Crippen molar-refractivity contribution >= 4 is 5.69 Å². The molecule has 1 heterocycles. The van der Waals surface area contributed by atoms with Crippen LogP contribution in [0.15, 0.2) is 48.5 Å². The normalized spacial score (nSPS) is 14.8. The second kappa shape index (κ2) is 7.18. The number of benzene rings is 2. The highest BCUT2D eigenvalue weighted by Gasteiger charge is 2.19. The third kappa shape index (κ3) is 3.94. The number of nitrogens with zero attached hydrogens (tertiary/aromatic N) is 1. The van der Waals surface area contributed by atoms with Crippen LogP contribution in [0, 0.1) is 0 Å². The Morgan fingerprint density at radius 2 is 1.78 bits per heavy atom. The van der Waals surface area contributed by atoms with Gasteiger partial charge in [0, 0.05) is 30.9 Å². The van der Waals surface area contributed by atoms with Gasteiger partial charge in [-0.05, 0) is 56.4 Å². The first-order valence-corrected chi connectivity index (χ1v) is 8.79. The Morgan fingerprint density at radius 1 is 1.00 bits per heavy atom. The molecule has 0 radical (unpaired) electrons. The van der Waals surface area contributed by atoms with Crippen LogP contribution in [0.1, 0.15) is 37.5 Å². The van der Waals surface area contributed by atoms with Crippen LogP contribution in [0.25, 0.3) is 0 Å². The highest BCUT2D eigenvalue weighted by Crippen LogP contribution is 2.24. The van der Waals surface area contributed by atoms with Crippen LogP contribution in [0.4, 0.5) is 5.69 Å². The van der Waals surface area contributed by atoms with Crippen LogP contribution < -0.4 is 5.32 Å². The average molecular weight is 308 g/mol. The molecule has 122 valence electrons. The van der Waals surface area contributed by atoms with E-state index in [1.54, 1.807) is 0 Å². The molecule has 0 spiro atoms. The summed E-state index contributed by atoms with van der Waals surface area (Å²) >= 11 is 0. The lowest BCUT2D eigenvalue weighted by Crippen LogP contribution is -2.39. The van der Waals surface area contributed by atoms with Crippen LogP contribution in [0.5, 0.6) is 0 Å². The van der Waals surface area contributed by atoms with Crippen LogP contribution >= 0.6 is 0 Å². The minimum absolute atomic E-state index is 0.530. The molecule has 2 aromatic rings. The van der Waals surface area contributed by atoms with Gasteiger partial charge >= 0.3 is 0 Å². The second-order valence-corrected chi connectivity index (χ2v) is 6.97. The van der Waals surface area contributed by atoms with Crippen molar-refractivity contribution in [3.05, 3.63) is 65.2 Å². The van der Waals surface area contributed by atoms with Gasteiger partial charge in [0.05, 0.1) is 0 Å². The molecule has 2 aromatic carbocycles. The highest BCUT2D eigenvalue weighted by molar-refractivity contribution is 5.56. The summed E-state index contributed by atoms with van der Waals surface area (Å²) in [4.78, 5) is 2.60. The van der Waals surface area contributed by atoms with Crippen molar-refractivity contribution < 1.29 is 0 Å². The lowest BCUT2D eigenvalue weighted by atomic mass is 10.0. The van der Waals surface area contributed by atoms with Crippen molar-refractivity contribution in [2.75, 3.05) is 11.9 Å². The lowest BCUT2D eigenvalue weighted by molar-refractivity contribution is 0.154. The summed E-state index contributed by atoms with van der Waals surface area (Å²) in [6.07, 6.45) is 2.27. The number of rotatable bonds is 6. The quantitative estimate of drug-likeness (QED) is 0.845. The Kier molecular flexibility index (Phi) is 5.02. The number of fused-ring (bicyclic) bond motifs is 1. The molecule has 0 fully saturated rings. The van der Waals surface area contributed by atoms with Crippen LogP contribution in [-0.2, 0) is 19.4 Å². The number of hydrogen-bond acceptors (Lipinski definition) is 2. The van der Waals surface area contributed by atoms with E-state index in [0.29, 0.717) is 12.1 Å². The number of anilines is 1. The zero-order chi connectivity index (χ0) is 16.2. The molecule has 0 amide bonds. The largest absolute Gasteiger partial charge is 0.384 e. The SMILES string of the molecule is CC(C)N(Cc1ccccc1)C(C)Cc1ccc2c(c1)CCN2. The number of nitrogens with one attached hydrogen (secondary N) is 1. The summed E-state index contributed by atoms with van der Waals surface area (Å²) in [5, 5.41) is 3.44. The Bertz CT molecular complexity index is 634. The minimum Gasteiger partial charge on any atom is -0.384 e. The predicted molar refractivity (Wildman–Crippen MR) is 98.9 cm³/mol. The van der Waals surface area contributed by atoms with Crippen molar-refractivity contribution in [1.82, 2.24) is 4.90 Å². The zero-order valence-corrected chi connectivity index (χ0v) is 14.5. The fourth-order valence-electron chi connectivity index (χ4n) is 3.59. The molecular weight excluding hydrogens is 280 g/mol. The van der Waals surface area contributed by atoms with Crippen molar-refractivity contribution in [2.45, 2.75) is 52.2 Å². The van der Waals surface area contributed by atoms with E-state index in [4.69, 9.17) is 0 Å². The van der Waals surface area contributed by atoms with E-state index in [-0.39, 0.29) is 0 Å². The van der Waals surface area contributed by atoms with Crippen LogP contribution in [0.3, 0.4) is 0 Å². The van der Waals surface area contributed by atoms with E-state index in [1.807, 2.05) is 0 Å². The summed E-state index contributed by atoms with van der Waals surface area (Å²) in [5.41, 5.74) is 5.66. The van der Waals surface area contributed by atoms with Gasteiger partial charge in [-0.2, -0.15) is 0 Å². The molecule has 1 unspecified atom stereocenters. The lowest BCUT2D eigenvalue weighted by Gasteiger charge is -2.33. The zero-order valence-electron chi connectivity index (χ0n) is 14.5. The predicted octanol–water partition coefficient (Wildman–Crippen LogP) is 4.50. The van der Waals surface area contributed by atoms with E-state index in [1.165, 1.54) is 22.4 Å². The maximum absolute atomic E-state index is 3.44. The van der Waals surface area contributed by atoms with Crippen molar-refractivity contribution in [1.29, 1.82) is 0 Å². The van der Waals surface area contributed by atoms with Gasteiger partial charge in [0.2, 0.25) is 0 Å². The first-order chi connectivity index (χ1) is 11.1. The molecule has 1 N–H and O–H groups in total. The van der Waals surface area contributed by atoms with Gasteiger partial charge in [-0.25, -0.2) is 0 Å². The van der Waals surface area contributed by atoms with Gasteiger partial charge in [0.15, 0.2) is 0 Å². The summed E-state index contributed by atoms with van der Waals surface area (Å²) < 4.78 is 0. The highest BCUT2D eigenvalue weighted by atomic mass is 15.2. The molecule has 2 heteroatoms. The first-order valence-electron chi connectivity index (χ1n) is 8.79. The molecule has 1 aliphatic heterocycles. The molecule has 1 atom stereocenters.